The standard InChI is InChI=1S/C14H19NO4S/c1-10-5-7-12(8-6-10)15-20(18,19)13-4-2-3-11(9-13)14(16)17/h2-4,9-10,12,15H,5-8H2,1H3,(H,16,17). The van der Waals surface area contributed by atoms with E-state index in [1.165, 1.54) is 24.3 Å². The van der Waals surface area contributed by atoms with Gasteiger partial charge < -0.3 is 5.11 Å². The molecular weight excluding hydrogens is 278 g/mol. The molecule has 0 unspecified atom stereocenters. The van der Waals surface area contributed by atoms with E-state index in [0.29, 0.717) is 5.92 Å². The molecule has 1 aliphatic rings. The van der Waals surface area contributed by atoms with Gasteiger partial charge in [-0.25, -0.2) is 17.9 Å². The topological polar surface area (TPSA) is 83.5 Å². The molecule has 1 saturated carbocycles. The van der Waals surface area contributed by atoms with E-state index in [4.69, 9.17) is 5.11 Å². The van der Waals surface area contributed by atoms with Crippen molar-refractivity contribution in [2.45, 2.75) is 43.5 Å². The van der Waals surface area contributed by atoms with Crippen LogP contribution in [0.5, 0.6) is 0 Å². The molecule has 0 heterocycles. The number of hydrogen-bond acceptors (Lipinski definition) is 3. The molecule has 5 nitrogen and oxygen atoms in total. The van der Waals surface area contributed by atoms with Crippen molar-refractivity contribution in [1.82, 2.24) is 4.72 Å². The summed E-state index contributed by atoms with van der Waals surface area (Å²) in [6, 6.07) is 5.38. The molecule has 110 valence electrons. The minimum Gasteiger partial charge on any atom is -0.478 e. The first-order chi connectivity index (χ1) is 9.38. The highest BCUT2D eigenvalue weighted by molar-refractivity contribution is 7.89. The fraction of sp³-hybridized carbons (Fsp3) is 0.500. The number of carbonyl (C=O) groups is 1. The highest BCUT2D eigenvalue weighted by Crippen LogP contribution is 2.24. The summed E-state index contributed by atoms with van der Waals surface area (Å²) in [5.41, 5.74) is -0.0230. The van der Waals surface area contributed by atoms with Gasteiger partial charge in [-0.15, -0.1) is 0 Å². The molecule has 1 aromatic rings. The highest BCUT2D eigenvalue weighted by Gasteiger charge is 2.24. The first-order valence-electron chi connectivity index (χ1n) is 6.74. The van der Waals surface area contributed by atoms with Gasteiger partial charge in [-0.05, 0) is 49.8 Å². The van der Waals surface area contributed by atoms with E-state index in [1.54, 1.807) is 0 Å². The summed E-state index contributed by atoms with van der Waals surface area (Å²) in [6.07, 6.45) is 3.70. The molecule has 20 heavy (non-hydrogen) atoms. The molecule has 1 fully saturated rings. The zero-order valence-electron chi connectivity index (χ0n) is 11.4. The third-order valence-corrected chi connectivity index (χ3v) is 5.25. The van der Waals surface area contributed by atoms with E-state index in [2.05, 4.69) is 11.6 Å². The van der Waals surface area contributed by atoms with Crippen LogP contribution in [0.1, 0.15) is 43.0 Å². The average Bonchev–Trinajstić information content (AvgIpc) is 2.41. The van der Waals surface area contributed by atoms with Crippen LogP contribution in [0.3, 0.4) is 0 Å². The van der Waals surface area contributed by atoms with Crippen LogP contribution < -0.4 is 4.72 Å². The molecule has 1 aromatic carbocycles. The fourth-order valence-corrected chi connectivity index (χ4v) is 3.81. The molecule has 0 saturated heterocycles. The first kappa shape index (κ1) is 15.0. The van der Waals surface area contributed by atoms with Gasteiger partial charge in [0.2, 0.25) is 10.0 Å². The van der Waals surface area contributed by atoms with Gasteiger partial charge in [0.1, 0.15) is 0 Å². The molecule has 0 aromatic heterocycles. The number of carboxylic acid groups (broad SMARTS) is 1. The van der Waals surface area contributed by atoms with E-state index in [1.807, 2.05) is 0 Å². The third kappa shape index (κ3) is 3.58. The van der Waals surface area contributed by atoms with Crippen molar-refractivity contribution in [2.75, 3.05) is 0 Å². The van der Waals surface area contributed by atoms with Gasteiger partial charge in [0.15, 0.2) is 0 Å². The lowest BCUT2D eigenvalue weighted by molar-refractivity contribution is 0.0696. The molecule has 0 bridgehead atoms. The average molecular weight is 297 g/mol. The van der Waals surface area contributed by atoms with E-state index in [0.717, 1.165) is 25.7 Å². The summed E-state index contributed by atoms with van der Waals surface area (Å²) in [5.74, 6) is -0.486. The monoisotopic (exact) mass is 297 g/mol. The van der Waals surface area contributed by atoms with Crippen LogP contribution in [-0.2, 0) is 10.0 Å². The zero-order chi connectivity index (χ0) is 14.8. The van der Waals surface area contributed by atoms with Gasteiger partial charge in [0.25, 0.3) is 0 Å². The molecule has 2 N–H and O–H groups in total. The number of carboxylic acids is 1. The van der Waals surface area contributed by atoms with Crippen molar-refractivity contribution < 1.29 is 18.3 Å². The highest BCUT2D eigenvalue weighted by atomic mass is 32.2. The maximum atomic E-state index is 12.3. The number of hydrogen-bond donors (Lipinski definition) is 2. The molecule has 6 heteroatoms. The second-order valence-electron chi connectivity index (χ2n) is 5.41. The van der Waals surface area contributed by atoms with Gasteiger partial charge in [0, 0.05) is 6.04 Å². The Hall–Kier alpha value is -1.40. The van der Waals surface area contributed by atoms with Crippen LogP contribution in [0.25, 0.3) is 0 Å². The summed E-state index contributed by atoms with van der Waals surface area (Å²) < 4.78 is 27.2. The Balaban J connectivity index is 2.14. The number of benzene rings is 1. The lowest BCUT2D eigenvalue weighted by Crippen LogP contribution is -2.37. The van der Waals surface area contributed by atoms with E-state index in [-0.39, 0.29) is 16.5 Å². The van der Waals surface area contributed by atoms with Crippen molar-refractivity contribution in [1.29, 1.82) is 0 Å². The summed E-state index contributed by atoms with van der Waals surface area (Å²) in [4.78, 5) is 10.9. The van der Waals surface area contributed by atoms with Crippen LogP contribution in [-0.4, -0.2) is 25.5 Å². The molecule has 2 rings (SSSR count). The number of aromatic carboxylic acids is 1. The summed E-state index contributed by atoms with van der Waals surface area (Å²) in [5, 5.41) is 8.91. The Morgan fingerprint density at radius 3 is 2.50 bits per heavy atom. The van der Waals surface area contributed by atoms with Crippen molar-refractivity contribution >= 4 is 16.0 Å². The Morgan fingerprint density at radius 1 is 1.25 bits per heavy atom. The summed E-state index contributed by atoms with van der Waals surface area (Å²) in [7, 11) is -3.65. The maximum absolute atomic E-state index is 12.3. The van der Waals surface area contributed by atoms with Gasteiger partial charge in [-0.3, -0.25) is 0 Å². The summed E-state index contributed by atoms with van der Waals surface area (Å²) in [6.45, 7) is 2.17. The number of nitrogens with one attached hydrogen (secondary N) is 1. The van der Waals surface area contributed by atoms with Gasteiger partial charge >= 0.3 is 5.97 Å². The van der Waals surface area contributed by atoms with Gasteiger partial charge in [-0.2, -0.15) is 0 Å². The Morgan fingerprint density at radius 2 is 1.90 bits per heavy atom. The van der Waals surface area contributed by atoms with Crippen LogP contribution in [0.4, 0.5) is 0 Å². The van der Waals surface area contributed by atoms with E-state index >= 15 is 0 Å². The largest absolute Gasteiger partial charge is 0.478 e. The Bertz CT molecular complexity index is 589. The minimum absolute atomic E-state index is 0.0102. The minimum atomic E-state index is -3.65. The van der Waals surface area contributed by atoms with Crippen molar-refractivity contribution in [2.24, 2.45) is 5.92 Å². The number of sulfonamides is 1. The van der Waals surface area contributed by atoms with Crippen LogP contribution in [0.15, 0.2) is 29.2 Å². The van der Waals surface area contributed by atoms with Crippen LogP contribution in [0.2, 0.25) is 0 Å². The van der Waals surface area contributed by atoms with Crippen LogP contribution in [0, 0.1) is 5.92 Å². The second kappa shape index (κ2) is 5.93. The van der Waals surface area contributed by atoms with Crippen molar-refractivity contribution in [3.05, 3.63) is 29.8 Å². The third-order valence-electron chi connectivity index (χ3n) is 3.73. The molecule has 0 aliphatic heterocycles. The Labute approximate surface area is 119 Å². The van der Waals surface area contributed by atoms with E-state index < -0.39 is 16.0 Å². The second-order valence-corrected chi connectivity index (χ2v) is 7.13. The molecule has 0 radical (unpaired) electrons. The van der Waals surface area contributed by atoms with Crippen LogP contribution >= 0.6 is 0 Å². The molecular formula is C14H19NO4S. The molecule has 0 amide bonds. The predicted molar refractivity (Wildman–Crippen MR) is 75.1 cm³/mol. The lowest BCUT2D eigenvalue weighted by Gasteiger charge is -2.26. The first-order valence-corrected chi connectivity index (χ1v) is 8.22. The molecule has 0 spiro atoms. The molecule has 1 aliphatic carbocycles. The van der Waals surface area contributed by atoms with Gasteiger partial charge in [0.05, 0.1) is 10.5 Å². The molecule has 0 atom stereocenters. The lowest BCUT2D eigenvalue weighted by atomic mass is 9.88. The smallest absolute Gasteiger partial charge is 0.335 e. The number of rotatable bonds is 4. The van der Waals surface area contributed by atoms with Crippen molar-refractivity contribution in [3.8, 4) is 0 Å². The summed E-state index contributed by atoms with van der Waals surface area (Å²) >= 11 is 0. The SMILES string of the molecule is CC1CCC(NS(=O)(=O)c2cccc(C(=O)O)c2)CC1. The Kier molecular flexibility index (Phi) is 4.45. The quantitative estimate of drug-likeness (QED) is 0.892. The fourth-order valence-electron chi connectivity index (χ4n) is 2.46. The van der Waals surface area contributed by atoms with E-state index in [9.17, 15) is 13.2 Å². The van der Waals surface area contributed by atoms with Crippen molar-refractivity contribution in [3.63, 3.8) is 0 Å². The van der Waals surface area contributed by atoms with Gasteiger partial charge in [-0.1, -0.05) is 13.0 Å². The zero-order valence-corrected chi connectivity index (χ0v) is 12.2. The predicted octanol–water partition coefficient (Wildman–Crippen LogP) is 2.24. The normalized spacial score (nSPS) is 23.4. The maximum Gasteiger partial charge on any atom is 0.335 e.